The molecule has 0 bridgehead atoms. The van der Waals surface area contributed by atoms with Gasteiger partial charge in [-0.15, -0.1) is 0 Å². The van der Waals surface area contributed by atoms with Gasteiger partial charge in [0.25, 0.3) is 0 Å². The Morgan fingerprint density at radius 1 is 1.46 bits per heavy atom. The van der Waals surface area contributed by atoms with E-state index < -0.39 is 0 Å². The Kier molecular flexibility index (Phi) is 2.55. The van der Waals surface area contributed by atoms with Gasteiger partial charge in [0.15, 0.2) is 0 Å². The lowest BCUT2D eigenvalue weighted by molar-refractivity contribution is 0.396. The molecule has 0 saturated heterocycles. The van der Waals surface area contributed by atoms with Crippen molar-refractivity contribution in [1.29, 1.82) is 0 Å². The van der Waals surface area contributed by atoms with Crippen molar-refractivity contribution in [2.24, 2.45) is 4.99 Å². The van der Waals surface area contributed by atoms with Crippen LogP contribution < -0.4 is 0 Å². The van der Waals surface area contributed by atoms with Crippen molar-refractivity contribution in [3.63, 3.8) is 0 Å². The van der Waals surface area contributed by atoms with E-state index in [2.05, 4.69) is 30.9 Å². The zero-order chi connectivity index (χ0) is 10.1. The summed E-state index contributed by atoms with van der Waals surface area (Å²) in [6.45, 7) is 10.00. The third-order valence-corrected chi connectivity index (χ3v) is 1.50. The van der Waals surface area contributed by atoms with Gasteiger partial charge in [0.2, 0.25) is 0 Å². The minimum Gasteiger partial charge on any atom is -0.361 e. The van der Waals surface area contributed by atoms with Crippen molar-refractivity contribution in [2.75, 3.05) is 0 Å². The first-order chi connectivity index (χ1) is 5.88. The van der Waals surface area contributed by atoms with Crippen molar-refractivity contribution in [1.82, 2.24) is 5.16 Å². The first-order valence-corrected chi connectivity index (χ1v) is 4.38. The molecule has 1 heterocycles. The van der Waals surface area contributed by atoms with Gasteiger partial charge in [-0.1, -0.05) is 5.16 Å². The highest BCUT2D eigenvalue weighted by Crippen LogP contribution is 2.10. The molecule has 0 aliphatic heterocycles. The monoisotopic (exact) mass is 180 g/mol. The lowest BCUT2D eigenvalue weighted by Crippen LogP contribution is -2.13. The maximum Gasteiger partial charge on any atom is 0.134 e. The van der Waals surface area contributed by atoms with Crippen LogP contribution in [0.25, 0.3) is 0 Å². The first-order valence-electron chi connectivity index (χ1n) is 4.38. The molecule has 0 fully saturated rings. The summed E-state index contributed by atoms with van der Waals surface area (Å²) in [4.78, 5) is 4.49. The van der Waals surface area contributed by atoms with Gasteiger partial charge in [-0.3, -0.25) is 4.99 Å². The summed E-state index contributed by atoms with van der Waals surface area (Å²) < 4.78 is 4.97. The normalized spacial score (nSPS) is 13.5. The molecule has 0 aromatic carbocycles. The zero-order valence-corrected chi connectivity index (χ0v) is 8.88. The molecule has 3 nitrogen and oxygen atoms in total. The molecular formula is C10H16N2O. The van der Waals surface area contributed by atoms with Crippen LogP contribution in [0.15, 0.2) is 15.6 Å². The van der Waals surface area contributed by atoms with E-state index in [0.29, 0.717) is 0 Å². The van der Waals surface area contributed by atoms with Crippen LogP contribution in [0.1, 0.15) is 39.1 Å². The van der Waals surface area contributed by atoms with Gasteiger partial charge in [0, 0.05) is 6.07 Å². The Morgan fingerprint density at radius 2 is 2.08 bits per heavy atom. The largest absolute Gasteiger partial charge is 0.361 e. The van der Waals surface area contributed by atoms with Gasteiger partial charge in [-0.05, 0) is 34.6 Å². The lowest BCUT2D eigenvalue weighted by Gasteiger charge is -2.12. The highest BCUT2D eigenvalue weighted by atomic mass is 16.5. The number of aromatic nitrogens is 1. The molecule has 1 aromatic rings. The second kappa shape index (κ2) is 3.32. The molecule has 13 heavy (non-hydrogen) atoms. The molecule has 0 atom stereocenters. The number of rotatable bonds is 1. The number of hydrogen-bond acceptors (Lipinski definition) is 3. The van der Waals surface area contributed by atoms with Crippen molar-refractivity contribution >= 4 is 5.71 Å². The molecule has 0 spiro atoms. The van der Waals surface area contributed by atoms with Crippen LogP contribution in [0.4, 0.5) is 0 Å². The summed E-state index contributed by atoms with van der Waals surface area (Å²) in [6.07, 6.45) is 0. The summed E-state index contributed by atoms with van der Waals surface area (Å²) in [5.41, 5.74) is 1.69. The maximum atomic E-state index is 4.97. The van der Waals surface area contributed by atoms with Gasteiger partial charge >= 0.3 is 0 Å². The highest BCUT2D eigenvalue weighted by Gasteiger charge is 2.10. The van der Waals surface area contributed by atoms with Gasteiger partial charge in [-0.2, -0.15) is 0 Å². The van der Waals surface area contributed by atoms with Crippen molar-refractivity contribution in [3.8, 4) is 0 Å². The quantitative estimate of drug-likeness (QED) is 0.623. The molecule has 0 N–H and O–H groups in total. The SMILES string of the molecule is C/C(=N/C(C)(C)C)c1cc(C)on1. The van der Waals surface area contributed by atoms with Gasteiger partial charge in [0.1, 0.15) is 11.5 Å². The van der Waals surface area contributed by atoms with Gasteiger partial charge < -0.3 is 4.52 Å². The molecule has 0 saturated carbocycles. The Bertz CT molecular complexity index is 318. The summed E-state index contributed by atoms with van der Waals surface area (Å²) >= 11 is 0. The summed E-state index contributed by atoms with van der Waals surface area (Å²) in [5.74, 6) is 0.818. The predicted octanol–water partition coefficient (Wildman–Crippen LogP) is 2.59. The topological polar surface area (TPSA) is 38.4 Å². The van der Waals surface area contributed by atoms with Crippen LogP contribution in [0, 0.1) is 6.92 Å². The number of aryl methyl sites for hydroxylation is 1. The van der Waals surface area contributed by atoms with Crippen molar-refractivity contribution in [2.45, 2.75) is 40.2 Å². The minimum absolute atomic E-state index is 0.0586. The fraction of sp³-hybridized carbons (Fsp3) is 0.600. The summed E-state index contributed by atoms with van der Waals surface area (Å²) in [7, 11) is 0. The molecule has 0 aliphatic rings. The minimum atomic E-state index is -0.0586. The number of aliphatic imine (C=N–C) groups is 1. The number of hydrogen-bond donors (Lipinski definition) is 0. The molecule has 72 valence electrons. The lowest BCUT2D eigenvalue weighted by atomic mass is 10.1. The molecule has 0 amide bonds. The molecule has 0 aliphatic carbocycles. The van der Waals surface area contributed by atoms with Crippen LogP contribution in [-0.2, 0) is 0 Å². The molecule has 0 radical (unpaired) electrons. The first kappa shape index (κ1) is 9.96. The maximum absolute atomic E-state index is 4.97. The molecule has 1 rings (SSSR count). The third kappa shape index (κ3) is 3.01. The zero-order valence-electron chi connectivity index (χ0n) is 8.88. The van der Waals surface area contributed by atoms with Crippen LogP contribution in [0.3, 0.4) is 0 Å². The van der Waals surface area contributed by atoms with Gasteiger partial charge in [0.05, 0.1) is 11.3 Å². The van der Waals surface area contributed by atoms with Crippen LogP contribution >= 0.6 is 0 Å². The fourth-order valence-electron chi connectivity index (χ4n) is 1.10. The third-order valence-electron chi connectivity index (χ3n) is 1.50. The Balaban J connectivity index is 2.91. The van der Waals surface area contributed by atoms with Crippen LogP contribution in [-0.4, -0.2) is 16.4 Å². The van der Waals surface area contributed by atoms with Crippen LogP contribution in [0.5, 0.6) is 0 Å². The van der Waals surface area contributed by atoms with Gasteiger partial charge in [-0.25, -0.2) is 0 Å². The molecule has 0 unspecified atom stereocenters. The second-order valence-corrected chi connectivity index (χ2v) is 4.19. The Labute approximate surface area is 78.8 Å². The summed E-state index contributed by atoms with van der Waals surface area (Å²) in [5, 5.41) is 3.89. The van der Waals surface area contributed by atoms with E-state index in [1.807, 2.05) is 19.9 Å². The van der Waals surface area contributed by atoms with Crippen molar-refractivity contribution < 1.29 is 4.52 Å². The standard InChI is InChI=1S/C10H16N2O/c1-7-6-9(12-13-7)8(2)11-10(3,4)5/h6H,1-5H3/b11-8-. The van der Waals surface area contributed by atoms with E-state index >= 15 is 0 Å². The molecule has 3 heteroatoms. The highest BCUT2D eigenvalue weighted by molar-refractivity contribution is 5.97. The number of nitrogens with zero attached hydrogens (tertiary/aromatic N) is 2. The van der Waals surface area contributed by atoms with Crippen LogP contribution in [0.2, 0.25) is 0 Å². The fourth-order valence-corrected chi connectivity index (χ4v) is 1.10. The van der Waals surface area contributed by atoms with Crippen molar-refractivity contribution in [3.05, 3.63) is 17.5 Å². The Hall–Kier alpha value is -1.12. The van der Waals surface area contributed by atoms with E-state index in [1.54, 1.807) is 0 Å². The Morgan fingerprint density at radius 3 is 2.46 bits per heavy atom. The average molecular weight is 180 g/mol. The summed E-state index contributed by atoms with van der Waals surface area (Å²) in [6, 6.07) is 1.89. The molecular weight excluding hydrogens is 164 g/mol. The molecule has 1 aromatic heterocycles. The van der Waals surface area contributed by atoms with E-state index in [9.17, 15) is 0 Å². The smallest absolute Gasteiger partial charge is 0.134 e. The van der Waals surface area contributed by atoms with E-state index in [0.717, 1.165) is 17.2 Å². The second-order valence-electron chi connectivity index (χ2n) is 4.19. The average Bonchev–Trinajstić information content (AvgIpc) is 2.31. The van der Waals surface area contributed by atoms with E-state index in [1.165, 1.54) is 0 Å². The van der Waals surface area contributed by atoms with E-state index in [-0.39, 0.29) is 5.54 Å². The predicted molar refractivity (Wildman–Crippen MR) is 53.2 cm³/mol. The van der Waals surface area contributed by atoms with E-state index in [4.69, 9.17) is 4.52 Å².